The minimum absolute atomic E-state index is 0.555. The van der Waals surface area contributed by atoms with Crippen LogP contribution in [0.25, 0.3) is 33.6 Å². The molecule has 1 fully saturated rings. The molecule has 0 bridgehead atoms. The fourth-order valence-corrected chi connectivity index (χ4v) is 5.15. The molecule has 9 nitrogen and oxygen atoms in total. The first-order chi connectivity index (χ1) is 18.2. The van der Waals surface area contributed by atoms with Crippen molar-refractivity contribution in [1.29, 1.82) is 0 Å². The maximum atomic E-state index is 4.78. The summed E-state index contributed by atoms with van der Waals surface area (Å²) in [6.45, 7) is 2.56. The zero-order chi connectivity index (χ0) is 24.8. The van der Waals surface area contributed by atoms with Gasteiger partial charge in [0, 0.05) is 50.1 Å². The van der Waals surface area contributed by atoms with Crippen LogP contribution in [0.2, 0.25) is 0 Å². The van der Waals surface area contributed by atoms with Crippen LogP contribution in [0, 0.1) is 5.92 Å². The van der Waals surface area contributed by atoms with Crippen molar-refractivity contribution >= 4 is 16.7 Å². The van der Waals surface area contributed by atoms with Crippen molar-refractivity contribution in [2.24, 2.45) is 13.0 Å². The number of hydrogen-bond acceptors (Lipinski definition) is 5. The van der Waals surface area contributed by atoms with Gasteiger partial charge in [0.1, 0.15) is 11.3 Å². The molecule has 0 amide bonds. The van der Waals surface area contributed by atoms with Crippen LogP contribution >= 0.6 is 0 Å². The molecule has 186 valence electrons. The van der Waals surface area contributed by atoms with E-state index in [4.69, 9.17) is 4.98 Å². The molecular formula is C28H29N9. The third-order valence-corrected chi connectivity index (χ3v) is 7.45. The zero-order valence-electron chi connectivity index (χ0n) is 20.8. The average Bonchev–Trinajstić information content (AvgIpc) is 3.66. The highest BCUT2D eigenvalue weighted by atomic mass is 15.4. The summed E-state index contributed by atoms with van der Waals surface area (Å²) < 4.78 is 8.18. The molecule has 1 aliphatic carbocycles. The Morgan fingerprint density at radius 3 is 2.81 bits per heavy atom. The summed E-state index contributed by atoms with van der Waals surface area (Å²) in [5.41, 5.74) is 8.18. The maximum absolute atomic E-state index is 4.78. The molecule has 37 heavy (non-hydrogen) atoms. The van der Waals surface area contributed by atoms with Gasteiger partial charge in [0.05, 0.1) is 41.4 Å². The molecule has 1 aliphatic rings. The van der Waals surface area contributed by atoms with E-state index in [1.165, 1.54) is 30.3 Å². The lowest BCUT2D eigenvalue weighted by atomic mass is 9.85. The smallest absolute Gasteiger partial charge is 0.137 e. The minimum Gasteiger partial charge on any atom is -0.349 e. The first-order valence-corrected chi connectivity index (χ1v) is 12.9. The molecule has 1 N–H and O–H groups in total. The predicted octanol–water partition coefficient (Wildman–Crippen LogP) is 4.21. The number of fused-ring (bicyclic) bond motifs is 2. The second-order valence-corrected chi connectivity index (χ2v) is 10.1. The summed E-state index contributed by atoms with van der Waals surface area (Å²) in [6, 6.07) is 10.6. The monoisotopic (exact) mass is 491 g/mol. The van der Waals surface area contributed by atoms with E-state index in [-0.39, 0.29) is 0 Å². The van der Waals surface area contributed by atoms with Gasteiger partial charge in [-0.3, -0.25) is 4.98 Å². The topological polar surface area (TPSA) is 82.8 Å². The van der Waals surface area contributed by atoms with E-state index in [0.29, 0.717) is 6.54 Å². The summed E-state index contributed by atoms with van der Waals surface area (Å²) in [6.07, 6.45) is 18.1. The highest BCUT2D eigenvalue weighted by Gasteiger charge is 2.16. The SMILES string of the molecule is Cn1ccc2c1ccn2-c1cncc(-c2cn(Cc3cn4cc(CNCC5CCC5)ccc4n3)nn2)c1. The van der Waals surface area contributed by atoms with Gasteiger partial charge < -0.3 is 18.9 Å². The van der Waals surface area contributed by atoms with Crippen LogP contribution in [0.1, 0.15) is 30.5 Å². The normalized spacial score (nSPS) is 14.1. The van der Waals surface area contributed by atoms with E-state index in [0.717, 1.165) is 52.8 Å². The summed E-state index contributed by atoms with van der Waals surface area (Å²) in [7, 11) is 2.05. The van der Waals surface area contributed by atoms with Crippen molar-refractivity contribution in [3.05, 3.63) is 85.0 Å². The van der Waals surface area contributed by atoms with Gasteiger partial charge in [-0.2, -0.15) is 0 Å². The van der Waals surface area contributed by atoms with Gasteiger partial charge in [-0.15, -0.1) is 5.10 Å². The van der Waals surface area contributed by atoms with Crippen molar-refractivity contribution in [1.82, 2.24) is 43.8 Å². The molecular weight excluding hydrogens is 462 g/mol. The number of aromatic nitrogens is 8. The van der Waals surface area contributed by atoms with Crippen LogP contribution < -0.4 is 5.32 Å². The van der Waals surface area contributed by atoms with E-state index < -0.39 is 0 Å². The predicted molar refractivity (Wildman–Crippen MR) is 142 cm³/mol. The van der Waals surface area contributed by atoms with Gasteiger partial charge in [0.2, 0.25) is 0 Å². The minimum atomic E-state index is 0.555. The van der Waals surface area contributed by atoms with Gasteiger partial charge in [0.15, 0.2) is 0 Å². The molecule has 0 unspecified atom stereocenters. The van der Waals surface area contributed by atoms with Crippen LogP contribution in [0.5, 0.6) is 0 Å². The molecule has 0 aromatic carbocycles. The molecule has 7 rings (SSSR count). The summed E-state index contributed by atoms with van der Waals surface area (Å²) in [4.78, 5) is 9.25. The lowest BCUT2D eigenvalue weighted by Crippen LogP contribution is -2.26. The first kappa shape index (κ1) is 22.0. The maximum Gasteiger partial charge on any atom is 0.137 e. The van der Waals surface area contributed by atoms with E-state index in [2.05, 4.69) is 96.3 Å². The van der Waals surface area contributed by atoms with E-state index in [1.807, 2.05) is 23.3 Å². The fraction of sp³-hybridized carbons (Fsp3) is 0.286. The van der Waals surface area contributed by atoms with E-state index in [9.17, 15) is 0 Å². The lowest BCUT2D eigenvalue weighted by Gasteiger charge is -2.25. The third-order valence-electron chi connectivity index (χ3n) is 7.45. The Morgan fingerprint density at radius 1 is 1.00 bits per heavy atom. The summed E-state index contributed by atoms with van der Waals surface area (Å²) in [5, 5.41) is 12.4. The van der Waals surface area contributed by atoms with Crippen LogP contribution in [0.3, 0.4) is 0 Å². The summed E-state index contributed by atoms with van der Waals surface area (Å²) in [5.74, 6) is 0.864. The molecule has 0 atom stereocenters. The Hall–Kier alpha value is -4.24. The molecule has 0 saturated heterocycles. The first-order valence-electron chi connectivity index (χ1n) is 12.9. The van der Waals surface area contributed by atoms with Gasteiger partial charge in [-0.25, -0.2) is 9.67 Å². The lowest BCUT2D eigenvalue weighted by molar-refractivity contribution is 0.301. The summed E-state index contributed by atoms with van der Waals surface area (Å²) >= 11 is 0. The second kappa shape index (κ2) is 9.01. The molecule has 0 radical (unpaired) electrons. The number of nitrogens with one attached hydrogen (secondary N) is 1. The van der Waals surface area contributed by atoms with Crippen molar-refractivity contribution in [2.75, 3.05) is 6.54 Å². The van der Waals surface area contributed by atoms with Crippen molar-refractivity contribution in [3.63, 3.8) is 0 Å². The van der Waals surface area contributed by atoms with E-state index >= 15 is 0 Å². The van der Waals surface area contributed by atoms with Crippen LogP contribution in [0.15, 0.2) is 73.7 Å². The van der Waals surface area contributed by atoms with Crippen molar-refractivity contribution < 1.29 is 0 Å². The number of pyridine rings is 2. The van der Waals surface area contributed by atoms with Gasteiger partial charge in [-0.1, -0.05) is 17.7 Å². The number of hydrogen-bond donors (Lipinski definition) is 1. The fourth-order valence-electron chi connectivity index (χ4n) is 5.15. The average molecular weight is 492 g/mol. The molecule has 6 heterocycles. The van der Waals surface area contributed by atoms with Crippen LogP contribution in [-0.4, -0.2) is 45.0 Å². The Balaban J connectivity index is 1.07. The van der Waals surface area contributed by atoms with Gasteiger partial charge >= 0.3 is 0 Å². The van der Waals surface area contributed by atoms with Gasteiger partial charge in [-0.05, 0) is 55.1 Å². The molecule has 6 aromatic rings. The highest BCUT2D eigenvalue weighted by Crippen LogP contribution is 2.26. The van der Waals surface area contributed by atoms with Crippen LogP contribution in [-0.2, 0) is 20.1 Å². The quantitative estimate of drug-likeness (QED) is 0.345. The van der Waals surface area contributed by atoms with Crippen molar-refractivity contribution in [2.45, 2.75) is 32.4 Å². The number of imidazole rings is 1. The molecule has 0 spiro atoms. The highest BCUT2D eigenvalue weighted by molar-refractivity contribution is 5.79. The largest absolute Gasteiger partial charge is 0.349 e. The Morgan fingerprint density at radius 2 is 1.92 bits per heavy atom. The molecule has 1 saturated carbocycles. The Labute approximate surface area is 214 Å². The van der Waals surface area contributed by atoms with Crippen LogP contribution in [0.4, 0.5) is 0 Å². The zero-order valence-corrected chi connectivity index (χ0v) is 20.8. The van der Waals surface area contributed by atoms with E-state index in [1.54, 1.807) is 0 Å². The Bertz CT molecular complexity index is 1700. The molecule has 9 heteroatoms. The number of rotatable bonds is 8. The Kier molecular flexibility index (Phi) is 5.35. The number of nitrogens with zero attached hydrogens (tertiary/aromatic N) is 8. The van der Waals surface area contributed by atoms with Gasteiger partial charge in [0.25, 0.3) is 0 Å². The number of aryl methyl sites for hydroxylation is 1. The van der Waals surface area contributed by atoms with Crippen molar-refractivity contribution in [3.8, 4) is 16.9 Å². The molecule has 6 aromatic heterocycles. The molecule has 0 aliphatic heterocycles. The second-order valence-electron chi connectivity index (χ2n) is 10.1. The third kappa shape index (κ3) is 4.21. The standard InChI is InChI=1S/C28H29N9/c1-34-9-7-27-26(34)8-10-37(27)24-11-22(14-30-15-24)25-19-36(33-32-25)18-23-17-35-16-21(5-6-28(35)31-23)13-29-12-20-3-2-4-20/h5-11,14-17,19-20,29H,2-4,12-13,18H2,1H3.